The molecule has 0 aliphatic carbocycles. The van der Waals surface area contributed by atoms with Gasteiger partial charge in [-0.3, -0.25) is 9.69 Å². The maximum Gasteiger partial charge on any atom is 0.341 e. The number of nitrogens with zero attached hydrogens (tertiary/aromatic N) is 2. The maximum absolute atomic E-state index is 13.7. The number of hydrogen-bond acceptors (Lipinski definition) is 6. The van der Waals surface area contributed by atoms with Crippen LogP contribution < -0.4 is 5.32 Å². The minimum Gasteiger partial charge on any atom is -0.462 e. The largest absolute Gasteiger partial charge is 0.462 e. The Morgan fingerprint density at radius 3 is 2.24 bits per heavy atom. The molecule has 2 aromatic carbocycles. The van der Waals surface area contributed by atoms with Crippen molar-refractivity contribution in [3.05, 3.63) is 77.9 Å². The highest BCUT2D eigenvalue weighted by atomic mass is 32.1. The molecule has 1 N–H and O–H groups in total. The van der Waals surface area contributed by atoms with E-state index in [2.05, 4.69) is 22.0 Å². The van der Waals surface area contributed by atoms with Gasteiger partial charge in [0.05, 0.1) is 12.2 Å². The Bertz CT molecular complexity index is 1090. The summed E-state index contributed by atoms with van der Waals surface area (Å²) in [6, 6.07) is 21.1. The minimum atomic E-state index is -0.433. The number of carbonyl (C=O) groups excluding carboxylic acids is 2. The van der Waals surface area contributed by atoms with E-state index in [-0.39, 0.29) is 12.5 Å². The third-order valence-corrected chi connectivity index (χ3v) is 7.20. The highest BCUT2D eigenvalue weighted by molar-refractivity contribution is 7.20. The molecule has 1 atom stereocenters. The van der Waals surface area contributed by atoms with Gasteiger partial charge < -0.3 is 15.0 Å². The Labute approximate surface area is 205 Å². The average Bonchev–Trinajstić information content (AvgIpc) is 3.30. The first kappa shape index (κ1) is 24.1. The number of ether oxygens (including phenoxy) is 1. The van der Waals surface area contributed by atoms with Crippen molar-refractivity contribution in [1.29, 1.82) is 0 Å². The van der Waals surface area contributed by atoms with Gasteiger partial charge in [0.15, 0.2) is 0 Å². The molecule has 0 bridgehead atoms. The summed E-state index contributed by atoms with van der Waals surface area (Å²) in [6.45, 7) is 8.71. The molecular weight excluding hydrogens is 446 g/mol. The summed E-state index contributed by atoms with van der Waals surface area (Å²) in [5, 5.41) is 3.61. The van der Waals surface area contributed by atoms with Gasteiger partial charge in [0.25, 0.3) is 0 Å². The fraction of sp³-hybridized carbons (Fsp3) is 0.333. The lowest BCUT2D eigenvalue weighted by Gasteiger charge is -2.38. The fourth-order valence-corrected chi connectivity index (χ4v) is 5.32. The number of benzene rings is 2. The van der Waals surface area contributed by atoms with Crippen LogP contribution >= 0.6 is 11.3 Å². The predicted molar refractivity (Wildman–Crippen MR) is 137 cm³/mol. The first-order chi connectivity index (χ1) is 16.6. The summed E-state index contributed by atoms with van der Waals surface area (Å²) in [4.78, 5) is 32.0. The van der Waals surface area contributed by atoms with Crippen LogP contribution in [0.3, 0.4) is 0 Å². The van der Waals surface area contributed by atoms with E-state index in [0.717, 1.165) is 48.7 Å². The van der Waals surface area contributed by atoms with Gasteiger partial charge in [-0.15, -0.1) is 11.3 Å². The second-order valence-electron chi connectivity index (χ2n) is 8.21. The quantitative estimate of drug-likeness (QED) is 0.467. The molecule has 1 aliphatic rings. The van der Waals surface area contributed by atoms with Crippen LogP contribution in [0.5, 0.6) is 0 Å². The predicted octanol–water partition coefficient (Wildman–Crippen LogP) is 4.91. The highest BCUT2D eigenvalue weighted by Crippen LogP contribution is 2.37. The van der Waals surface area contributed by atoms with Crippen LogP contribution in [0.1, 0.15) is 35.8 Å². The monoisotopic (exact) mass is 477 g/mol. The Morgan fingerprint density at radius 2 is 1.62 bits per heavy atom. The van der Waals surface area contributed by atoms with E-state index in [1.54, 1.807) is 6.92 Å². The first-order valence-corrected chi connectivity index (χ1v) is 12.6. The van der Waals surface area contributed by atoms with Gasteiger partial charge in [-0.25, -0.2) is 4.79 Å². The molecular formula is C27H31N3O3S. The van der Waals surface area contributed by atoms with Crippen molar-refractivity contribution >= 4 is 28.2 Å². The van der Waals surface area contributed by atoms with Crippen LogP contribution in [0.2, 0.25) is 0 Å². The molecule has 2 heterocycles. The summed E-state index contributed by atoms with van der Waals surface area (Å²) in [7, 11) is 0. The summed E-state index contributed by atoms with van der Waals surface area (Å²) < 4.78 is 5.29. The Morgan fingerprint density at radius 1 is 0.971 bits per heavy atom. The molecule has 0 spiro atoms. The third-order valence-electron chi connectivity index (χ3n) is 6.11. The van der Waals surface area contributed by atoms with E-state index in [1.165, 1.54) is 11.3 Å². The van der Waals surface area contributed by atoms with Gasteiger partial charge in [0.2, 0.25) is 5.91 Å². The molecule has 4 rings (SSSR count). The molecule has 6 nitrogen and oxygen atoms in total. The number of amides is 1. The van der Waals surface area contributed by atoms with E-state index in [1.807, 2.05) is 66.7 Å². The first-order valence-electron chi connectivity index (χ1n) is 11.8. The molecule has 178 valence electrons. The minimum absolute atomic E-state index is 0.136. The molecule has 0 unspecified atom stereocenters. The molecule has 0 radical (unpaired) electrons. The Kier molecular flexibility index (Phi) is 8.11. The van der Waals surface area contributed by atoms with Crippen LogP contribution in [-0.4, -0.2) is 61.0 Å². The van der Waals surface area contributed by atoms with E-state index in [9.17, 15) is 9.59 Å². The Hall–Kier alpha value is -3.00. The average molecular weight is 478 g/mol. The summed E-state index contributed by atoms with van der Waals surface area (Å²) in [5.74, 6) is -0.563. The molecule has 0 saturated carbocycles. The SMILES string of the molecule is CCOC(=O)c1cc(-c2ccccc2)sc1NC(=O)[C@H](c1ccccc1)N1CCN(CC)CC1. The van der Waals surface area contributed by atoms with Gasteiger partial charge in [-0.05, 0) is 30.7 Å². The second-order valence-corrected chi connectivity index (χ2v) is 9.26. The zero-order chi connectivity index (χ0) is 23.9. The molecule has 34 heavy (non-hydrogen) atoms. The lowest BCUT2D eigenvalue weighted by molar-refractivity contribution is -0.122. The molecule has 1 saturated heterocycles. The molecule has 1 aliphatic heterocycles. The Balaban J connectivity index is 1.64. The van der Waals surface area contributed by atoms with Crippen LogP contribution in [0.15, 0.2) is 66.7 Å². The number of rotatable bonds is 8. The fourth-order valence-electron chi connectivity index (χ4n) is 4.27. The van der Waals surface area contributed by atoms with Crippen molar-refractivity contribution in [2.45, 2.75) is 19.9 Å². The number of thiophene rings is 1. The number of esters is 1. The number of carbonyl (C=O) groups is 2. The zero-order valence-corrected chi connectivity index (χ0v) is 20.5. The van der Waals surface area contributed by atoms with Crippen molar-refractivity contribution in [2.24, 2.45) is 0 Å². The van der Waals surface area contributed by atoms with E-state index in [4.69, 9.17) is 4.74 Å². The van der Waals surface area contributed by atoms with E-state index in [0.29, 0.717) is 10.6 Å². The van der Waals surface area contributed by atoms with Gasteiger partial charge >= 0.3 is 5.97 Å². The molecule has 1 amide bonds. The van der Waals surface area contributed by atoms with Crippen molar-refractivity contribution in [1.82, 2.24) is 9.80 Å². The van der Waals surface area contributed by atoms with Crippen LogP contribution in [0, 0.1) is 0 Å². The molecule has 3 aromatic rings. The number of piperazine rings is 1. The van der Waals surface area contributed by atoms with Gasteiger partial charge in [-0.1, -0.05) is 67.6 Å². The summed E-state index contributed by atoms with van der Waals surface area (Å²) >= 11 is 1.40. The van der Waals surface area contributed by atoms with Gasteiger partial charge in [0, 0.05) is 31.1 Å². The zero-order valence-electron chi connectivity index (χ0n) is 19.7. The van der Waals surface area contributed by atoms with Crippen LogP contribution in [0.25, 0.3) is 10.4 Å². The topological polar surface area (TPSA) is 61.9 Å². The second kappa shape index (κ2) is 11.4. The number of hydrogen-bond donors (Lipinski definition) is 1. The number of anilines is 1. The van der Waals surface area contributed by atoms with Crippen molar-refractivity contribution in [3.63, 3.8) is 0 Å². The molecule has 1 aromatic heterocycles. The summed E-state index contributed by atoms with van der Waals surface area (Å²) in [6.07, 6.45) is 0. The number of likely N-dealkylation sites (N-methyl/N-ethyl adjacent to an activating group) is 1. The van der Waals surface area contributed by atoms with Gasteiger partial charge in [-0.2, -0.15) is 0 Å². The summed E-state index contributed by atoms with van der Waals surface area (Å²) in [5.41, 5.74) is 2.33. The molecule has 7 heteroatoms. The normalized spacial score (nSPS) is 15.6. The lowest BCUT2D eigenvalue weighted by atomic mass is 10.0. The van der Waals surface area contributed by atoms with E-state index < -0.39 is 12.0 Å². The smallest absolute Gasteiger partial charge is 0.341 e. The molecule has 1 fully saturated rings. The van der Waals surface area contributed by atoms with E-state index >= 15 is 0 Å². The lowest BCUT2D eigenvalue weighted by Crippen LogP contribution is -2.49. The van der Waals surface area contributed by atoms with Gasteiger partial charge in [0.1, 0.15) is 11.0 Å². The number of nitrogens with one attached hydrogen (secondary N) is 1. The van der Waals surface area contributed by atoms with Crippen LogP contribution in [-0.2, 0) is 9.53 Å². The van der Waals surface area contributed by atoms with Crippen molar-refractivity contribution in [3.8, 4) is 10.4 Å². The highest BCUT2D eigenvalue weighted by Gasteiger charge is 2.31. The third kappa shape index (κ3) is 5.55. The standard InChI is InChI=1S/C27H31N3O3S/c1-3-29-15-17-30(18-16-29)24(21-13-9-6-10-14-21)25(31)28-26-22(27(32)33-4-2)19-23(34-26)20-11-7-5-8-12-20/h5-14,19,24H,3-4,15-18H2,1-2H3,(H,28,31)/t24-/m0/s1. The van der Waals surface area contributed by atoms with Crippen molar-refractivity contribution < 1.29 is 14.3 Å². The van der Waals surface area contributed by atoms with Crippen molar-refractivity contribution in [2.75, 3.05) is 44.6 Å². The van der Waals surface area contributed by atoms with Crippen LogP contribution in [0.4, 0.5) is 5.00 Å². The maximum atomic E-state index is 13.7.